The predicted molar refractivity (Wildman–Crippen MR) is 131 cm³/mol. The molecule has 0 spiro atoms. The van der Waals surface area contributed by atoms with Gasteiger partial charge < -0.3 is 9.42 Å². The molecule has 1 atom stereocenters. The van der Waals surface area contributed by atoms with Gasteiger partial charge in [0.25, 0.3) is 5.56 Å². The molecule has 0 amide bonds. The molecule has 0 bridgehead atoms. The molecule has 8 nitrogen and oxygen atoms in total. The van der Waals surface area contributed by atoms with Crippen LogP contribution in [-0.2, 0) is 0 Å². The van der Waals surface area contributed by atoms with Crippen LogP contribution in [0.5, 0.6) is 0 Å². The van der Waals surface area contributed by atoms with Crippen molar-refractivity contribution in [1.82, 2.24) is 24.8 Å². The van der Waals surface area contributed by atoms with E-state index in [1.165, 1.54) is 10.7 Å². The number of rotatable bonds is 5. The largest absolute Gasteiger partial charge is 0.366 e. The Kier molecular flexibility index (Phi) is 6.36. The number of hydrogen-bond donors (Lipinski definition) is 0. The van der Waals surface area contributed by atoms with Crippen molar-refractivity contribution >= 4 is 17.3 Å². The lowest BCUT2D eigenvalue weighted by Crippen LogP contribution is -2.47. The lowest BCUT2D eigenvalue weighted by Gasteiger charge is -2.38. The third kappa shape index (κ3) is 4.56. The Bertz CT molecular complexity index is 1400. The minimum absolute atomic E-state index is 0.117. The zero-order valence-corrected chi connectivity index (χ0v) is 20.1. The Labute approximate surface area is 206 Å². The van der Waals surface area contributed by atoms with Crippen molar-refractivity contribution in [3.63, 3.8) is 0 Å². The first kappa shape index (κ1) is 23.2. The Morgan fingerprint density at radius 2 is 1.83 bits per heavy atom. The second kappa shape index (κ2) is 9.59. The minimum atomic E-state index is -0.350. The van der Waals surface area contributed by atoms with Crippen LogP contribution in [0.2, 0.25) is 5.02 Å². The van der Waals surface area contributed by atoms with Gasteiger partial charge in [-0.2, -0.15) is 14.8 Å². The summed E-state index contributed by atoms with van der Waals surface area (Å²) < 4.78 is 20.7. The van der Waals surface area contributed by atoms with Gasteiger partial charge in [0, 0.05) is 31.7 Å². The molecule has 4 aromatic rings. The number of benzene rings is 2. The van der Waals surface area contributed by atoms with E-state index < -0.39 is 0 Å². The summed E-state index contributed by atoms with van der Waals surface area (Å²) in [4.78, 5) is 21.6. The summed E-state index contributed by atoms with van der Waals surface area (Å²) in [6, 6.07) is 14.0. The Morgan fingerprint density at radius 3 is 2.54 bits per heavy atom. The number of para-hydroxylation sites is 1. The smallest absolute Gasteiger partial charge is 0.292 e. The summed E-state index contributed by atoms with van der Waals surface area (Å²) >= 11 is 6.47. The first-order chi connectivity index (χ1) is 16.9. The molecule has 0 N–H and O–H groups in total. The number of anilines is 1. The third-order valence-corrected chi connectivity index (χ3v) is 6.69. The number of piperazine rings is 1. The average molecular weight is 495 g/mol. The van der Waals surface area contributed by atoms with Gasteiger partial charge in [-0.05, 0) is 37.6 Å². The second-order valence-corrected chi connectivity index (χ2v) is 8.89. The number of hydrogen-bond acceptors (Lipinski definition) is 7. The highest BCUT2D eigenvalue weighted by Gasteiger charge is 2.27. The molecule has 3 heterocycles. The summed E-state index contributed by atoms with van der Waals surface area (Å²) in [5, 5.41) is 8.52. The van der Waals surface area contributed by atoms with Crippen molar-refractivity contribution < 1.29 is 8.91 Å². The highest BCUT2D eigenvalue weighted by atomic mass is 35.5. The molecule has 2 aromatic heterocycles. The predicted octanol–water partition coefficient (Wildman–Crippen LogP) is 4.27. The highest BCUT2D eigenvalue weighted by molar-refractivity contribution is 6.33. The molecule has 0 aliphatic carbocycles. The number of nitrogens with zero attached hydrogens (tertiary/aromatic N) is 6. The molecule has 0 radical (unpaired) electrons. The molecule has 10 heteroatoms. The first-order valence-electron chi connectivity index (χ1n) is 11.3. The summed E-state index contributed by atoms with van der Waals surface area (Å²) in [6.45, 7) is 6.43. The van der Waals surface area contributed by atoms with Gasteiger partial charge in [0.2, 0.25) is 11.7 Å². The highest BCUT2D eigenvalue weighted by Crippen LogP contribution is 2.27. The maximum atomic E-state index is 13.9. The lowest BCUT2D eigenvalue weighted by atomic mass is 10.1. The van der Waals surface area contributed by atoms with Gasteiger partial charge in [-0.15, -0.1) is 0 Å². The van der Waals surface area contributed by atoms with Crippen molar-refractivity contribution in [2.75, 3.05) is 31.1 Å². The van der Waals surface area contributed by atoms with Crippen LogP contribution in [0.4, 0.5) is 10.1 Å². The molecule has 2 aromatic carbocycles. The molecule has 1 fully saturated rings. The van der Waals surface area contributed by atoms with Crippen LogP contribution in [0.1, 0.15) is 24.4 Å². The van der Waals surface area contributed by atoms with Gasteiger partial charge in [-0.1, -0.05) is 47.1 Å². The van der Waals surface area contributed by atoms with Crippen LogP contribution < -0.4 is 10.5 Å². The van der Waals surface area contributed by atoms with E-state index in [1.807, 2.05) is 37.3 Å². The SMILES string of the molecule is Cc1ccc(-c2noc([C@@H](C)N3CCN(c4cnn(-c5ccccc5)c(=O)c4Cl)CC3)n2)cc1F. The molecule has 5 rings (SSSR count). The van der Waals surface area contributed by atoms with E-state index in [9.17, 15) is 9.18 Å². The van der Waals surface area contributed by atoms with Gasteiger partial charge in [-0.25, -0.2) is 4.39 Å². The number of aryl methyl sites for hydroxylation is 1. The summed E-state index contributed by atoms with van der Waals surface area (Å²) in [5.41, 5.74) is 2.08. The molecule has 0 unspecified atom stereocenters. The van der Waals surface area contributed by atoms with Crippen LogP contribution in [0.3, 0.4) is 0 Å². The quantitative estimate of drug-likeness (QED) is 0.410. The van der Waals surface area contributed by atoms with E-state index in [2.05, 4.69) is 25.0 Å². The summed E-state index contributed by atoms with van der Waals surface area (Å²) in [7, 11) is 0. The van der Waals surface area contributed by atoms with Gasteiger partial charge >= 0.3 is 0 Å². The van der Waals surface area contributed by atoms with Gasteiger partial charge in [0.15, 0.2) is 0 Å². The van der Waals surface area contributed by atoms with Crippen LogP contribution in [0.15, 0.2) is 64.0 Å². The van der Waals surface area contributed by atoms with Gasteiger partial charge in [0.1, 0.15) is 10.8 Å². The van der Waals surface area contributed by atoms with Crippen molar-refractivity contribution in [2.45, 2.75) is 19.9 Å². The third-order valence-electron chi connectivity index (χ3n) is 6.33. The zero-order valence-electron chi connectivity index (χ0n) is 19.4. The van der Waals surface area contributed by atoms with E-state index in [-0.39, 0.29) is 22.4 Å². The Hall–Kier alpha value is -3.56. The average Bonchev–Trinajstić information content (AvgIpc) is 3.38. The molecular formula is C25H24ClFN6O2. The number of halogens is 2. The standard InChI is InChI=1S/C25H24ClFN6O2/c1-16-8-9-18(14-20(16)27)23-29-24(35-30-23)17(2)31-10-12-32(13-11-31)21-15-28-33(25(34)22(21)26)19-6-4-3-5-7-19/h3-9,14-15,17H,10-13H2,1-2H3/t17-/m1/s1. The molecule has 0 saturated carbocycles. The fraction of sp³-hybridized carbons (Fsp3) is 0.280. The molecule has 180 valence electrons. The van der Waals surface area contributed by atoms with Crippen molar-refractivity contribution in [2.24, 2.45) is 0 Å². The van der Waals surface area contributed by atoms with Crippen LogP contribution in [-0.4, -0.2) is 51.0 Å². The monoisotopic (exact) mass is 494 g/mol. The van der Waals surface area contributed by atoms with Gasteiger partial charge in [0.05, 0.1) is 23.6 Å². The van der Waals surface area contributed by atoms with E-state index >= 15 is 0 Å². The Balaban J connectivity index is 1.27. The van der Waals surface area contributed by atoms with E-state index in [4.69, 9.17) is 16.1 Å². The normalized spacial score (nSPS) is 15.4. The summed E-state index contributed by atoms with van der Waals surface area (Å²) in [5.74, 6) is 0.531. The first-order valence-corrected chi connectivity index (χ1v) is 11.7. The van der Waals surface area contributed by atoms with Crippen LogP contribution >= 0.6 is 11.6 Å². The lowest BCUT2D eigenvalue weighted by molar-refractivity contribution is 0.164. The van der Waals surface area contributed by atoms with E-state index in [0.29, 0.717) is 60.4 Å². The maximum Gasteiger partial charge on any atom is 0.292 e. The topological polar surface area (TPSA) is 80.3 Å². The van der Waals surface area contributed by atoms with Crippen molar-refractivity contribution in [3.05, 3.63) is 87.4 Å². The van der Waals surface area contributed by atoms with Crippen molar-refractivity contribution in [1.29, 1.82) is 0 Å². The number of aromatic nitrogens is 4. The fourth-order valence-electron chi connectivity index (χ4n) is 4.16. The van der Waals surface area contributed by atoms with Crippen LogP contribution in [0.25, 0.3) is 17.1 Å². The van der Waals surface area contributed by atoms with Crippen LogP contribution in [0, 0.1) is 12.7 Å². The minimum Gasteiger partial charge on any atom is -0.366 e. The van der Waals surface area contributed by atoms with Gasteiger partial charge in [-0.3, -0.25) is 9.69 Å². The fourth-order valence-corrected chi connectivity index (χ4v) is 4.41. The maximum absolute atomic E-state index is 13.9. The zero-order chi connectivity index (χ0) is 24.5. The van der Waals surface area contributed by atoms with E-state index in [1.54, 1.807) is 25.3 Å². The molecule has 1 aliphatic heterocycles. The molecule has 35 heavy (non-hydrogen) atoms. The summed E-state index contributed by atoms with van der Waals surface area (Å²) in [6.07, 6.45) is 1.64. The van der Waals surface area contributed by atoms with E-state index in [0.717, 1.165) is 0 Å². The Morgan fingerprint density at radius 1 is 1.09 bits per heavy atom. The molecular weight excluding hydrogens is 471 g/mol. The second-order valence-electron chi connectivity index (χ2n) is 8.52. The molecule has 1 saturated heterocycles. The molecule has 1 aliphatic rings. The van der Waals surface area contributed by atoms with Crippen molar-refractivity contribution in [3.8, 4) is 17.1 Å².